The van der Waals surface area contributed by atoms with E-state index >= 15 is 0 Å². The van der Waals surface area contributed by atoms with Crippen molar-refractivity contribution >= 4 is 79.5 Å². The number of fused-ring (bicyclic) bond motifs is 14. The molecule has 1 fully saturated rings. The lowest BCUT2D eigenvalue weighted by Gasteiger charge is -2.38. The highest BCUT2D eigenvalue weighted by atomic mass is 32.2. The number of hydrazone groups is 1. The molecule has 107 heavy (non-hydrogen) atoms. The number of ketones is 1. The van der Waals surface area contributed by atoms with Crippen LogP contribution >= 0.6 is 0 Å². The van der Waals surface area contributed by atoms with Crippen LogP contribution in [0.15, 0.2) is 124 Å². The summed E-state index contributed by atoms with van der Waals surface area (Å²) in [5, 5.41) is 70.4. The standard InChI is InChI=1S/C43H58N4O12.C14H18N4O3.C10H11N3O3S.C6H7N3O/c1-21-12-11-13-22(2)42(55)45-33-28(20-44-47-17-15-46(9)16-18-47)37(52)30-31(38(33)53)36(51)26(6)40-32(30)41(54)43(8,59-40)57-19-14-29(56-10)23(3)39(58-27(7)48)25(5)35(50)24(4)34(21)49;1-19-10-5-8(6-11(20-2)12(10)21-3)4-9-7-17-14(16)18-13(9)15;1-7-6-10(12-16-7)13-17(14,15)9-4-2-8(11)3-5-9;7-9-6(10)5-1-3-8-4-2-5/h11-14,19-21,23-25,29,34-35,39,49-53H,15-18H2,1-10H3,(H,45,55);5-7H,4H2,1-3H3,(H4,15,16,17,18);2-6H,11H2,1H3,(H,12,13);1-4H,7H2,(H,9,10)/b12-11+,19-14+,22-13-,44-20?;;;/t21-,23+,24+,25+,29-,34-,35+,39+,43-;;;/m0.../s1. The zero-order valence-corrected chi connectivity index (χ0v) is 62.7. The van der Waals surface area contributed by atoms with Gasteiger partial charge in [0, 0.05) is 135 Å². The molecule has 11 rings (SSSR count). The minimum absolute atomic E-state index is 0.0559. The first-order valence-corrected chi connectivity index (χ1v) is 35.1. The number of benzene rings is 4. The van der Waals surface area contributed by atoms with E-state index < -0.39 is 98.8 Å². The molecule has 7 aromatic rings. The topological polar surface area (TPSA) is 492 Å². The van der Waals surface area contributed by atoms with Crippen molar-refractivity contribution in [1.82, 2.24) is 35.4 Å². The molecule has 0 unspecified atom stereocenters. The lowest BCUT2D eigenvalue weighted by Crippen LogP contribution is -2.46. The Labute approximate surface area is 619 Å². The molecule has 16 N–H and O–H groups in total. The summed E-state index contributed by atoms with van der Waals surface area (Å²) < 4.78 is 70.4. The lowest BCUT2D eigenvalue weighted by molar-refractivity contribution is -0.160. The van der Waals surface area contributed by atoms with E-state index in [4.69, 9.17) is 60.7 Å². The second kappa shape index (κ2) is 36.6. The SMILES string of the molecule is CO[C@H]1/C=C/O[C@@]2(C)Oc3c(C)c(O)c4c(O)c(c(C=NN5CCN(C)CC5)c(O)c4c3C2=O)NC(=O)/C(C)=C\C=C\[C@H](C)[C@H](O)[C@@H](C)[C@@H](O)[C@@H](C)[C@H](OC(C)=O)[C@@H]1C.COc1cc(Cc2cnc(N)nc2N)cc(OC)c1OC.Cc1cc(NS(=O)(=O)c2ccc(N)cc2)no1.NNC(=O)c1ccncc1. The van der Waals surface area contributed by atoms with Crippen LogP contribution in [0, 0.1) is 37.5 Å². The molecular weight excluding hydrogens is 1410 g/mol. The van der Waals surface area contributed by atoms with Gasteiger partial charge in [0.25, 0.3) is 27.6 Å². The molecule has 0 aliphatic carbocycles. The van der Waals surface area contributed by atoms with E-state index in [0.29, 0.717) is 59.6 Å². The molecule has 2 amide bonds. The number of nitrogens with one attached hydrogen (secondary N) is 3. The van der Waals surface area contributed by atoms with Crippen LogP contribution in [0.1, 0.15) is 97.2 Å². The van der Waals surface area contributed by atoms with Gasteiger partial charge in [-0.3, -0.25) is 39.3 Å². The maximum absolute atomic E-state index is 14.4. The number of Topliss-reactive ketones (excluding diaryl/α,β-unsaturated/α-hetero) is 1. The minimum atomic E-state index is -3.64. The summed E-state index contributed by atoms with van der Waals surface area (Å²) in [5.74, 6) is -0.854. The van der Waals surface area contributed by atoms with Crippen molar-refractivity contribution in [3.63, 3.8) is 0 Å². The Morgan fingerprint density at radius 2 is 1.49 bits per heavy atom. The Morgan fingerprint density at radius 1 is 0.841 bits per heavy atom. The van der Waals surface area contributed by atoms with Gasteiger partial charge >= 0.3 is 11.8 Å². The average Bonchev–Trinajstić information content (AvgIpc) is 1.61. The zero-order chi connectivity index (χ0) is 78.9. The number of hydrogen-bond acceptors (Lipinski definition) is 30. The fourth-order valence-electron chi connectivity index (χ4n) is 11.8. The van der Waals surface area contributed by atoms with Crippen LogP contribution in [-0.4, -0.2) is 186 Å². The number of carbonyl (C=O) groups is 4. The van der Waals surface area contributed by atoms with Crippen molar-refractivity contribution in [2.45, 2.75) is 104 Å². The number of hydrazine groups is 1. The molecule has 576 valence electrons. The average molecular weight is 1500 g/mol. The first kappa shape index (κ1) is 83.0. The molecule has 0 spiro atoms. The van der Waals surface area contributed by atoms with Crippen molar-refractivity contribution in [3.05, 3.63) is 148 Å². The number of aryl methyl sites for hydroxylation is 1. The van der Waals surface area contributed by atoms with Crippen LogP contribution in [0.25, 0.3) is 10.8 Å². The van der Waals surface area contributed by atoms with Crippen molar-refractivity contribution in [1.29, 1.82) is 0 Å². The molecule has 4 aliphatic heterocycles. The van der Waals surface area contributed by atoms with Gasteiger partial charge in [-0.2, -0.15) is 10.1 Å². The predicted octanol–water partition coefficient (Wildman–Crippen LogP) is 6.64. The molecule has 0 radical (unpaired) electrons. The number of pyridine rings is 1. The number of phenols is 3. The number of amides is 2. The fourth-order valence-corrected chi connectivity index (χ4v) is 12.8. The van der Waals surface area contributed by atoms with Crippen LogP contribution in [0.5, 0.6) is 40.2 Å². The molecule has 3 aromatic heterocycles. The molecule has 5 bridgehead atoms. The number of methoxy groups -OCH3 is 4. The number of likely N-dealkylation sites (N-methyl/N-ethyl adjacent to an activating group) is 1. The quantitative estimate of drug-likeness (QED) is 0.00840. The van der Waals surface area contributed by atoms with E-state index in [9.17, 15) is 53.1 Å². The minimum Gasteiger partial charge on any atom is -0.507 e. The second-order valence-corrected chi connectivity index (χ2v) is 27.4. The van der Waals surface area contributed by atoms with Crippen molar-refractivity contribution in [2.75, 3.05) is 88.9 Å². The lowest BCUT2D eigenvalue weighted by atomic mass is 9.78. The second-order valence-electron chi connectivity index (χ2n) is 25.7. The van der Waals surface area contributed by atoms with E-state index in [2.05, 4.69) is 40.1 Å². The van der Waals surface area contributed by atoms with Gasteiger partial charge in [-0.1, -0.05) is 51.1 Å². The zero-order valence-electron chi connectivity index (χ0n) is 61.8. The van der Waals surface area contributed by atoms with E-state index in [0.717, 1.165) is 24.2 Å². The van der Waals surface area contributed by atoms with Crippen LogP contribution in [0.3, 0.4) is 0 Å². The van der Waals surface area contributed by atoms with Gasteiger partial charge in [-0.05, 0) is 88.0 Å². The Morgan fingerprint density at radius 3 is 2.06 bits per heavy atom. The number of nitrogens with two attached hydrogens (primary N) is 4. The summed E-state index contributed by atoms with van der Waals surface area (Å²) in [4.78, 5) is 65.1. The monoisotopic (exact) mass is 1500 g/mol. The summed E-state index contributed by atoms with van der Waals surface area (Å²) >= 11 is 0. The number of ether oxygens (including phenoxy) is 7. The maximum atomic E-state index is 14.4. The highest BCUT2D eigenvalue weighted by Gasteiger charge is 2.50. The van der Waals surface area contributed by atoms with Crippen molar-refractivity contribution < 1.29 is 90.8 Å². The van der Waals surface area contributed by atoms with Crippen LogP contribution in [0.2, 0.25) is 0 Å². The number of phenolic OH excluding ortho intramolecular Hbond substituents is 3. The van der Waals surface area contributed by atoms with Gasteiger partial charge in [-0.25, -0.2) is 19.2 Å². The van der Waals surface area contributed by atoms with Crippen LogP contribution in [-0.2, 0) is 40.2 Å². The summed E-state index contributed by atoms with van der Waals surface area (Å²) in [6, 6.07) is 14.3. The third-order valence-corrected chi connectivity index (χ3v) is 19.4. The van der Waals surface area contributed by atoms with E-state index in [-0.39, 0.29) is 67.0 Å². The molecular formula is C73H94N14O19S. The number of nitrogens with zero attached hydrogens (tertiary/aromatic N) is 7. The Bertz CT molecular complexity index is 4530. The number of rotatable bonds is 13. The van der Waals surface area contributed by atoms with Gasteiger partial charge in [0.1, 0.15) is 34.9 Å². The Balaban J connectivity index is 0.000000264. The highest BCUT2D eigenvalue weighted by molar-refractivity contribution is 7.92. The molecule has 4 aliphatic rings. The number of aliphatic hydroxyl groups excluding tert-OH is 2. The van der Waals surface area contributed by atoms with E-state index in [1.807, 2.05) is 24.6 Å². The van der Waals surface area contributed by atoms with Gasteiger partial charge in [-0.15, -0.1) is 0 Å². The molecule has 4 aromatic carbocycles. The molecule has 33 nitrogen and oxygen atoms in total. The fraction of sp³-hybridized carbons (Fsp3) is 0.384. The van der Waals surface area contributed by atoms with Crippen molar-refractivity contribution in [3.8, 4) is 40.2 Å². The smallest absolute Gasteiger partial charge is 0.312 e. The number of sulfonamides is 1. The summed E-state index contributed by atoms with van der Waals surface area (Å²) in [7, 11) is 4.48. The molecule has 34 heteroatoms. The first-order chi connectivity index (χ1) is 50.6. The first-order valence-electron chi connectivity index (χ1n) is 33.6. The summed E-state index contributed by atoms with van der Waals surface area (Å²) in [5.41, 5.74) is 21.2. The third kappa shape index (κ3) is 20.2. The van der Waals surface area contributed by atoms with Gasteiger partial charge in [0.2, 0.25) is 11.7 Å². The van der Waals surface area contributed by atoms with Crippen molar-refractivity contribution in [2.24, 2.45) is 34.6 Å². The molecule has 0 saturated carbocycles. The van der Waals surface area contributed by atoms with Crippen LogP contribution < -0.4 is 57.5 Å². The third-order valence-electron chi connectivity index (χ3n) is 18.0. The summed E-state index contributed by atoms with van der Waals surface area (Å²) in [6.07, 6.45) is 10.1. The number of nitrogen functional groups attached to an aromatic ring is 4. The summed E-state index contributed by atoms with van der Waals surface area (Å²) in [6.45, 7) is 16.8. The largest absolute Gasteiger partial charge is 0.507 e. The number of hydrogen-bond donors (Lipinski definition) is 12. The van der Waals surface area contributed by atoms with E-state index in [1.54, 1.807) is 91.4 Å². The Kier molecular flexibility index (Phi) is 28.4. The highest BCUT2D eigenvalue weighted by Crippen LogP contribution is 2.55. The molecule has 7 heterocycles. The number of esters is 1. The number of aliphatic hydroxyl groups is 2. The number of aromatic hydroxyl groups is 3. The van der Waals surface area contributed by atoms with Gasteiger partial charge < -0.3 is 90.6 Å². The van der Waals surface area contributed by atoms with Crippen LogP contribution in [0.4, 0.5) is 29.0 Å². The van der Waals surface area contributed by atoms with Gasteiger partial charge in [0.05, 0.1) is 79.2 Å². The molecule has 1 saturated heterocycles. The number of allylic oxidation sites excluding steroid dienone is 2. The normalized spacial score (nSPS) is 22.3. The number of anilines is 5. The van der Waals surface area contributed by atoms with E-state index in [1.165, 1.54) is 102 Å². The number of piperazine rings is 1. The predicted molar refractivity (Wildman–Crippen MR) is 399 cm³/mol. The maximum Gasteiger partial charge on any atom is 0.312 e. The Hall–Kier alpha value is -11.3. The molecule has 9 atom stereocenters. The number of carbonyl (C=O) groups excluding carboxylic acids is 4. The van der Waals surface area contributed by atoms with Gasteiger partial charge in [0.15, 0.2) is 23.1 Å². The number of aromatic nitrogens is 4.